The molecule has 4 heteroatoms. The molecular formula is C14H21ClN2O. The number of halogens is 1. The largest absolute Gasteiger partial charge is 0.377 e. The lowest BCUT2D eigenvalue weighted by atomic mass is 10.1. The molecule has 0 aromatic heterocycles. The fourth-order valence-electron chi connectivity index (χ4n) is 2.31. The molecule has 1 fully saturated rings. The van der Waals surface area contributed by atoms with Crippen LogP contribution in [-0.4, -0.2) is 32.8 Å². The molecule has 2 atom stereocenters. The van der Waals surface area contributed by atoms with Crippen LogP contribution >= 0.6 is 11.6 Å². The number of hydrogen-bond donors (Lipinski definition) is 1. The van der Waals surface area contributed by atoms with Gasteiger partial charge in [-0.25, -0.2) is 0 Å². The lowest BCUT2D eigenvalue weighted by molar-refractivity contribution is 0.0989. The molecule has 0 spiro atoms. The van der Waals surface area contributed by atoms with Gasteiger partial charge in [-0.3, -0.25) is 0 Å². The molecule has 0 aliphatic carbocycles. The van der Waals surface area contributed by atoms with Gasteiger partial charge in [0.25, 0.3) is 0 Å². The number of benzene rings is 1. The van der Waals surface area contributed by atoms with Crippen LogP contribution in [0.15, 0.2) is 18.2 Å². The van der Waals surface area contributed by atoms with Gasteiger partial charge in [0.05, 0.1) is 13.2 Å². The molecule has 18 heavy (non-hydrogen) atoms. The Morgan fingerprint density at radius 1 is 1.50 bits per heavy atom. The molecule has 100 valence electrons. The molecule has 2 unspecified atom stereocenters. The standard InChI is InChI=1S/C14H21ClN2O/c1-10-9-18-7-6-17(10)12-4-5-13(11(2)16-3)14(15)8-12/h4-5,8,10-11,16H,6-7,9H2,1-3H3. The summed E-state index contributed by atoms with van der Waals surface area (Å²) in [6.07, 6.45) is 0. The Hall–Kier alpha value is -0.770. The van der Waals surface area contributed by atoms with Gasteiger partial charge in [-0.2, -0.15) is 0 Å². The maximum absolute atomic E-state index is 6.37. The predicted octanol–water partition coefficient (Wildman–Crippen LogP) is 2.85. The highest BCUT2D eigenvalue weighted by Crippen LogP contribution is 2.29. The Bertz CT molecular complexity index is 411. The molecule has 1 N–H and O–H groups in total. The minimum atomic E-state index is 0.272. The fourth-order valence-corrected chi connectivity index (χ4v) is 2.65. The molecule has 1 aliphatic heterocycles. The first-order chi connectivity index (χ1) is 8.63. The van der Waals surface area contributed by atoms with E-state index in [9.17, 15) is 0 Å². The summed E-state index contributed by atoms with van der Waals surface area (Å²) in [5, 5.41) is 4.04. The van der Waals surface area contributed by atoms with Crippen molar-refractivity contribution >= 4 is 17.3 Å². The second kappa shape index (κ2) is 5.91. The van der Waals surface area contributed by atoms with Crippen LogP contribution in [0.2, 0.25) is 5.02 Å². The zero-order chi connectivity index (χ0) is 13.1. The van der Waals surface area contributed by atoms with Gasteiger partial charge in [-0.1, -0.05) is 17.7 Å². The third-order valence-corrected chi connectivity index (χ3v) is 3.91. The second-order valence-electron chi connectivity index (χ2n) is 4.83. The van der Waals surface area contributed by atoms with Crippen LogP contribution in [0.4, 0.5) is 5.69 Å². The zero-order valence-electron chi connectivity index (χ0n) is 11.2. The summed E-state index contributed by atoms with van der Waals surface area (Å²) in [4.78, 5) is 2.35. The van der Waals surface area contributed by atoms with Crippen molar-refractivity contribution in [1.29, 1.82) is 0 Å². The summed E-state index contributed by atoms with van der Waals surface area (Å²) in [5.74, 6) is 0. The summed E-state index contributed by atoms with van der Waals surface area (Å²) in [7, 11) is 1.94. The molecule has 3 nitrogen and oxygen atoms in total. The Kier molecular flexibility index (Phi) is 4.49. The van der Waals surface area contributed by atoms with Crippen LogP contribution in [0.25, 0.3) is 0 Å². The van der Waals surface area contributed by atoms with Crippen molar-refractivity contribution in [2.24, 2.45) is 0 Å². The Labute approximate surface area is 114 Å². The van der Waals surface area contributed by atoms with Crippen molar-refractivity contribution in [3.8, 4) is 0 Å². The maximum Gasteiger partial charge on any atom is 0.0668 e. The van der Waals surface area contributed by atoms with Crippen molar-refractivity contribution < 1.29 is 4.74 Å². The number of nitrogens with zero attached hydrogens (tertiary/aromatic N) is 1. The molecule has 0 radical (unpaired) electrons. The topological polar surface area (TPSA) is 24.5 Å². The Morgan fingerprint density at radius 2 is 2.28 bits per heavy atom. The van der Waals surface area contributed by atoms with Crippen molar-refractivity contribution in [2.75, 3.05) is 31.7 Å². The van der Waals surface area contributed by atoms with Crippen molar-refractivity contribution in [2.45, 2.75) is 25.9 Å². The van der Waals surface area contributed by atoms with Gasteiger partial charge < -0.3 is 15.0 Å². The first-order valence-electron chi connectivity index (χ1n) is 6.44. The fraction of sp³-hybridized carbons (Fsp3) is 0.571. The number of hydrogen-bond acceptors (Lipinski definition) is 3. The number of morpholine rings is 1. The van der Waals surface area contributed by atoms with Gasteiger partial charge in [-0.05, 0) is 38.6 Å². The molecule has 1 aromatic carbocycles. The van der Waals surface area contributed by atoms with Crippen molar-refractivity contribution in [3.63, 3.8) is 0 Å². The highest BCUT2D eigenvalue weighted by molar-refractivity contribution is 6.31. The third-order valence-electron chi connectivity index (χ3n) is 3.58. The molecule has 0 saturated carbocycles. The van der Waals surface area contributed by atoms with Crippen LogP contribution in [0.5, 0.6) is 0 Å². The van der Waals surface area contributed by atoms with E-state index in [2.05, 4.69) is 42.3 Å². The van der Waals surface area contributed by atoms with Gasteiger partial charge in [-0.15, -0.1) is 0 Å². The number of anilines is 1. The third kappa shape index (κ3) is 2.79. The van der Waals surface area contributed by atoms with E-state index in [1.807, 2.05) is 7.05 Å². The average molecular weight is 269 g/mol. The number of nitrogens with one attached hydrogen (secondary N) is 1. The summed E-state index contributed by atoms with van der Waals surface area (Å²) < 4.78 is 5.46. The minimum Gasteiger partial charge on any atom is -0.377 e. The molecular weight excluding hydrogens is 248 g/mol. The zero-order valence-corrected chi connectivity index (χ0v) is 12.0. The van der Waals surface area contributed by atoms with Crippen molar-refractivity contribution in [3.05, 3.63) is 28.8 Å². The van der Waals surface area contributed by atoms with Gasteiger partial charge in [0.15, 0.2) is 0 Å². The molecule has 1 aromatic rings. The van der Waals surface area contributed by atoms with E-state index < -0.39 is 0 Å². The smallest absolute Gasteiger partial charge is 0.0668 e. The Morgan fingerprint density at radius 3 is 2.89 bits per heavy atom. The number of ether oxygens (including phenoxy) is 1. The van der Waals surface area contributed by atoms with Crippen LogP contribution in [-0.2, 0) is 4.74 Å². The van der Waals surface area contributed by atoms with Crippen LogP contribution in [0.1, 0.15) is 25.5 Å². The normalized spacial score (nSPS) is 22.0. The van der Waals surface area contributed by atoms with E-state index in [0.29, 0.717) is 6.04 Å². The molecule has 1 aliphatic rings. The molecule has 0 amide bonds. The summed E-state index contributed by atoms with van der Waals surface area (Å²) >= 11 is 6.37. The van der Waals surface area contributed by atoms with Crippen LogP contribution < -0.4 is 10.2 Å². The summed E-state index contributed by atoms with van der Waals surface area (Å²) in [5.41, 5.74) is 2.33. The SMILES string of the molecule is CNC(C)c1ccc(N2CCOCC2C)cc1Cl. The van der Waals surface area contributed by atoms with Gasteiger partial charge >= 0.3 is 0 Å². The monoisotopic (exact) mass is 268 g/mol. The van der Waals surface area contributed by atoms with Gasteiger partial charge in [0.1, 0.15) is 0 Å². The summed E-state index contributed by atoms with van der Waals surface area (Å²) in [6, 6.07) is 7.00. The quantitative estimate of drug-likeness (QED) is 0.912. The lowest BCUT2D eigenvalue weighted by Gasteiger charge is -2.35. The first kappa shape index (κ1) is 13.7. The summed E-state index contributed by atoms with van der Waals surface area (Å²) in [6.45, 7) is 6.79. The molecule has 1 heterocycles. The van der Waals surface area contributed by atoms with Crippen molar-refractivity contribution in [1.82, 2.24) is 5.32 Å². The average Bonchev–Trinajstić information content (AvgIpc) is 2.38. The van der Waals surface area contributed by atoms with E-state index in [0.717, 1.165) is 30.3 Å². The molecule has 0 bridgehead atoms. The first-order valence-corrected chi connectivity index (χ1v) is 6.82. The molecule has 2 rings (SSSR count). The molecule has 1 saturated heterocycles. The van der Waals surface area contributed by atoms with Crippen LogP contribution in [0, 0.1) is 0 Å². The van der Waals surface area contributed by atoms with Crippen LogP contribution in [0.3, 0.4) is 0 Å². The van der Waals surface area contributed by atoms with E-state index in [1.165, 1.54) is 5.69 Å². The number of rotatable bonds is 3. The minimum absolute atomic E-state index is 0.272. The maximum atomic E-state index is 6.37. The van der Waals surface area contributed by atoms with Gasteiger partial charge in [0.2, 0.25) is 0 Å². The Balaban J connectivity index is 2.22. The van der Waals surface area contributed by atoms with E-state index in [1.54, 1.807) is 0 Å². The van der Waals surface area contributed by atoms with E-state index in [-0.39, 0.29) is 6.04 Å². The highest BCUT2D eigenvalue weighted by Gasteiger charge is 2.20. The van der Waals surface area contributed by atoms with E-state index in [4.69, 9.17) is 16.3 Å². The second-order valence-corrected chi connectivity index (χ2v) is 5.24. The van der Waals surface area contributed by atoms with Gasteiger partial charge in [0, 0.05) is 29.3 Å². The highest BCUT2D eigenvalue weighted by atomic mass is 35.5. The lowest BCUT2D eigenvalue weighted by Crippen LogP contribution is -2.43. The predicted molar refractivity (Wildman–Crippen MR) is 76.6 cm³/mol. The van der Waals surface area contributed by atoms with E-state index >= 15 is 0 Å².